The minimum absolute atomic E-state index is 0.0426. The van der Waals surface area contributed by atoms with E-state index in [0.717, 1.165) is 5.69 Å². The Morgan fingerprint density at radius 1 is 1.12 bits per heavy atom. The zero-order valence-electron chi connectivity index (χ0n) is 14.0. The number of nitrogens with zero attached hydrogens (tertiary/aromatic N) is 4. The lowest BCUT2D eigenvalue weighted by Crippen LogP contribution is -2.19. The molecule has 1 aromatic heterocycles. The normalized spacial score (nSPS) is 10.4. The lowest BCUT2D eigenvalue weighted by molar-refractivity contribution is -0.383. The summed E-state index contributed by atoms with van der Waals surface area (Å²) in [5.74, 6) is -0.168. The quantitative estimate of drug-likeness (QED) is 0.521. The summed E-state index contributed by atoms with van der Waals surface area (Å²) >= 11 is 0. The Hall–Kier alpha value is -3.55. The maximum absolute atomic E-state index is 13.1. The van der Waals surface area contributed by atoms with E-state index in [-0.39, 0.29) is 17.3 Å². The summed E-state index contributed by atoms with van der Waals surface area (Å²) < 4.78 is 13.1. The van der Waals surface area contributed by atoms with Crippen LogP contribution in [0.3, 0.4) is 0 Å². The van der Waals surface area contributed by atoms with Crippen LogP contribution in [0.5, 0.6) is 0 Å². The van der Waals surface area contributed by atoms with Crippen molar-refractivity contribution in [2.75, 3.05) is 16.8 Å². The highest BCUT2D eigenvalue weighted by molar-refractivity contribution is 5.78. The standard InChI is InChI=1S/C18H16FN5O2/c1-2-23(15-6-4-3-5-7-15)18-16(24(25)26)17(20-12-21-18)22-14-10-8-13(19)9-11-14/h3-12H,2H2,1H3,(H,20,21,22). The SMILES string of the molecule is CCN(c1ccccc1)c1ncnc(Nc2ccc(F)cc2)c1[N+](=O)[O-]. The van der Waals surface area contributed by atoms with Gasteiger partial charge in [-0.1, -0.05) is 18.2 Å². The van der Waals surface area contributed by atoms with Gasteiger partial charge in [0.1, 0.15) is 12.1 Å². The number of anilines is 4. The fourth-order valence-corrected chi connectivity index (χ4v) is 2.56. The van der Waals surface area contributed by atoms with Gasteiger partial charge in [0, 0.05) is 17.9 Å². The van der Waals surface area contributed by atoms with Gasteiger partial charge in [0.25, 0.3) is 0 Å². The Morgan fingerprint density at radius 2 is 1.81 bits per heavy atom. The molecule has 132 valence electrons. The number of para-hydroxylation sites is 1. The lowest BCUT2D eigenvalue weighted by Gasteiger charge is -2.22. The Balaban J connectivity index is 2.06. The van der Waals surface area contributed by atoms with Crippen LogP contribution in [0.2, 0.25) is 0 Å². The van der Waals surface area contributed by atoms with Crippen molar-refractivity contribution < 1.29 is 9.31 Å². The predicted octanol–water partition coefficient (Wildman–Crippen LogP) is 4.43. The fourth-order valence-electron chi connectivity index (χ4n) is 2.56. The molecule has 2 aromatic carbocycles. The first-order valence-electron chi connectivity index (χ1n) is 7.94. The van der Waals surface area contributed by atoms with E-state index < -0.39 is 10.7 Å². The van der Waals surface area contributed by atoms with Gasteiger partial charge >= 0.3 is 5.69 Å². The van der Waals surface area contributed by atoms with Crippen LogP contribution in [0.1, 0.15) is 6.92 Å². The van der Waals surface area contributed by atoms with Crippen LogP contribution in [0.25, 0.3) is 0 Å². The molecule has 0 radical (unpaired) electrons. The van der Waals surface area contributed by atoms with Gasteiger partial charge in [0.2, 0.25) is 11.6 Å². The molecule has 3 rings (SSSR count). The van der Waals surface area contributed by atoms with E-state index in [9.17, 15) is 14.5 Å². The second-order valence-corrected chi connectivity index (χ2v) is 5.36. The molecule has 0 aliphatic heterocycles. The van der Waals surface area contributed by atoms with Crippen LogP contribution in [0.4, 0.5) is 33.1 Å². The Kier molecular flexibility index (Phi) is 5.02. The molecule has 0 fully saturated rings. The van der Waals surface area contributed by atoms with Crippen molar-refractivity contribution in [3.8, 4) is 0 Å². The van der Waals surface area contributed by atoms with Crippen molar-refractivity contribution in [3.05, 3.63) is 76.9 Å². The summed E-state index contributed by atoms with van der Waals surface area (Å²) in [5.41, 5.74) is 1.02. The van der Waals surface area contributed by atoms with Crippen molar-refractivity contribution in [2.45, 2.75) is 6.92 Å². The summed E-state index contributed by atoms with van der Waals surface area (Å²) in [6.07, 6.45) is 1.26. The lowest BCUT2D eigenvalue weighted by atomic mass is 10.2. The van der Waals surface area contributed by atoms with E-state index in [4.69, 9.17) is 0 Å². The first-order valence-corrected chi connectivity index (χ1v) is 7.94. The molecule has 26 heavy (non-hydrogen) atoms. The van der Waals surface area contributed by atoms with Crippen LogP contribution < -0.4 is 10.2 Å². The molecule has 1 heterocycles. The molecule has 1 N–H and O–H groups in total. The largest absolute Gasteiger partial charge is 0.354 e. The van der Waals surface area contributed by atoms with Crippen molar-refractivity contribution in [1.82, 2.24) is 9.97 Å². The van der Waals surface area contributed by atoms with Gasteiger partial charge in [0.15, 0.2) is 0 Å². The molecular weight excluding hydrogens is 337 g/mol. The average molecular weight is 353 g/mol. The molecule has 3 aromatic rings. The first-order chi connectivity index (χ1) is 12.6. The maximum Gasteiger partial charge on any atom is 0.354 e. The van der Waals surface area contributed by atoms with E-state index >= 15 is 0 Å². The molecule has 0 amide bonds. The third-order valence-electron chi connectivity index (χ3n) is 3.73. The number of rotatable bonds is 6. The fraction of sp³-hybridized carbons (Fsp3) is 0.111. The number of aromatic nitrogens is 2. The highest BCUT2D eigenvalue weighted by atomic mass is 19.1. The second kappa shape index (κ2) is 7.56. The smallest absolute Gasteiger partial charge is 0.334 e. The maximum atomic E-state index is 13.1. The summed E-state index contributed by atoms with van der Waals surface area (Å²) in [7, 11) is 0. The van der Waals surface area contributed by atoms with Crippen LogP contribution in [-0.2, 0) is 0 Å². The summed E-state index contributed by atoms with van der Waals surface area (Å²) in [5, 5.41) is 14.6. The number of nitro groups is 1. The van der Waals surface area contributed by atoms with E-state index in [1.54, 1.807) is 4.90 Å². The van der Waals surface area contributed by atoms with E-state index in [2.05, 4.69) is 15.3 Å². The van der Waals surface area contributed by atoms with Crippen molar-refractivity contribution in [2.24, 2.45) is 0 Å². The van der Waals surface area contributed by atoms with Gasteiger partial charge in [-0.25, -0.2) is 14.4 Å². The molecule has 0 spiro atoms. The predicted molar refractivity (Wildman–Crippen MR) is 97.5 cm³/mol. The van der Waals surface area contributed by atoms with E-state index in [1.165, 1.54) is 30.6 Å². The Bertz CT molecular complexity index is 903. The number of hydrogen-bond acceptors (Lipinski definition) is 6. The molecule has 7 nitrogen and oxygen atoms in total. The number of halogens is 1. The molecule has 0 aliphatic rings. The molecule has 0 saturated carbocycles. The Morgan fingerprint density at radius 3 is 2.42 bits per heavy atom. The average Bonchev–Trinajstić information content (AvgIpc) is 2.65. The minimum atomic E-state index is -0.521. The number of nitrogens with one attached hydrogen (secondary N) is 1. The van der Waals surface area contributed by atoms with Crippen molar-refractivity contribution in [3.63, 3.8) is 0 Å². The topological polar surface area (TPSA) is 84.2 Å². The van der Waals surface area contributed by atoms with Gasteiger partial charge in [-0.05, 0) is 43.3 Å². The highest BCUT2D eigenvalue weighted by Crippen LogP contribution is 2.36. The van der Waals surface area contributed by atoms with Gasteiger partial charge < -0.3 is 10.2 Å². The molecule has 8 heteroatoms. The summed E-state index contributed by atoms with van der Waals surface area (Å²) in [6, 6.07) is 14.8. The molecule has 0 atom stereocenters. The van der Waals surface area contributed by atoms with Crippen molar-refractivity contribution in [1.29, 1.82) is 0 Å². The van der Waals surface area contributed by atoms with E-state index in [0.29, 0.717) is 12.2 Å². The molecular formula is C18H16FN5O2. The summed E-state index contributed by atoms with van der Waals surface area (Å²) in [4.78, 5) is 21.1. The number of benzene rings is 2. The monoisotopic (exact) mass is 353 g/mol. The third kappa shape index (κ3) is 3.59. The summed E-state index contributed by atoms with van der Waals surface area (Å²) in [6.45, 7) is 2.36. The number of hydrogen-bond donors (Lipinski definition) is 1. The zero-order valence-corrected chi connectivity index (χ0v) is 14.0. The van der Waals surface area contributed by atoms with Crippen LogP contribution >= 0.6 is 0 Å². The third-order valence-corrected chi connectivity index (χ3v) is 3.73. The highest BCUT2D eigenvalue weighted by Gasteiger charge is 2.27. The zero-order chi connectivity index (χ0) is 18.5. The van der Waals surface area contributed by atoms with Crippen LogP contribution in [0, 0.1) is 15.9 Å². The van der Waals surface area contributed by atoms with Gasteiger partial charge in [-0.2, -0.15) is 0 Å². The molecule has 0 bridgehead atoms. The van der Waals surface area contributed by atoms with Gasteiger partial charge in [0.05, 0.1) is 4.92 Å². The second-order valence-electron chi connectivity index (χ2n) is 5.36. The van der Waals surface area contributed by atoms with Gasteiger partial charge in [-0.15, -0.1) is 0 Å². The Labute approximate surface area is 149 Å². The molecule has 0 aliphatic carbocycles. The first kappa shape index (κ1) is 17.3. The van der Waals surface area contributed by atoms with Crippen molar-refractivity contribution >= 4 is 28.7 Å². The molecule has 0 saturated heterocycles. The van der Waals surface area contributed by atoms with Crippen LogP contribution in [0.15, 0.2) is 60.9 Å². The van der Waals surface area contributed by atoms with Gasteiger partial charge in [-0.3, -0.25) is 10.1 Å². The van der Waals surface area contributed by atoms with E-state index in [1.807, 2.05) is 37.3 Å². The minimum Gasteiger partial charge on any atom is -0.334 e. The van der Waals surface area contributed by atoms with Crippen LogP contribution in [-0.4, -0.2) is 21.4 Å². The molecule has 0 unspecified atom stereocenters.